The molecule has 2 amide bonds. The minimum absolute atomic E-state index is 0.0589. The van der Waals surface area contributed by atoms with Gasteiger partial charge in [0.05, 0.1) is 12.1 Å². The van der Waals surface area contributed by atoms with Crippen molar-refractivity contribution in [3.63, 3.8) is 0 Å². The van der Waals surface area contributed by atoms with Gasteiger partial charge in [0.25, 0.3) is 5.91 Å². The van der Waals surface area contributed by atoms with Gasteiger partial charge in [0.15, 0.2) is 0 Å². The number of benzene rings is 2. The van der Waals surface area contributed by atoms with Crippen LogP contribution in [0, 0.1) is 0 Å². The van der Waals surface area contributed by atoms with Gasteiger partial charge in [-0.15, -0.1) is 0 Å². The predicted octanol–water partition coefficient (Wildman–Crippen LogP) is 3.19. The molecule has 1 aliphatic rings. The summed E-state index contributed by atoms with van der Waals surface area (Å²) in [7, 11) is 0. The normalized spacial score (nSPS) is 17.1. The minimum Gasteiger partial charge on any atom is -0.423 e. The van der Waals surface area contributed by atoms with Crippen molar-refractivity contribution in [2.45, 2.75) is 12.5 Å². The van der Waals surface area contributed by atoms with Crippen LogP contribution >= 0.6 is 11.6 Å². The number of rotatable bonds is 3. The van der Waals surface area contributed by atoms with Gasteiger partial charge < -0.3 is 9.73 Å². The maximum atomic E-state index is 12.7. The van der Waals surface area contributed by atoms with E-state index in [1.54, 1.807) is 48.5 Å². The third kappa shape index (κ3) is 2.95. The number of hydrogen-bond acceptors (Lipinski definition) is 5. The molecule has 0 aliphatic carbocycles. The van der Waals surface area contributed by atoms with Crippen LogP contribution in [0.25, 0.3) is 11.0 Å². The number of imide groups is 1. The van der Waals surface area contributed by atoms with Crippen molar-refractivity contribution >= 4 is 45.8 Å². The van der Waals surface area contributed by atoms with E-state index >= 15 is 0 Å². The van der Waals surface area contributed by atoms with Crippen molar-refractivity contribution < 1.29 is 14.0 Å². The molecule has 1 saturated heterocycles. The Morgan fingerprint density at radius 3 is 2.54 bits per heavy atom. The molecule has 1 fully saturated rings. The molecule has 130 valence electrons. The highest BCUT2D eigenvalue weighted by Gasteiger charge is 2.39. The first kappa shape index (κ1) is 16.4. The van der Waals surface area contributed by atoms with E-state index in [2.05, 4.69) is 5.32 Å². The number of nitrogens with zero attached hydrogens (tertiary/aromatic N) is 1. The molecular formula is C19H13ClN2O4. The van der Waals surface area contributed by atoms with E-state index in [9.17, 15) is 14.4 Å². The van der Waals surface area contributed by atoms with Gasteiger partial charge in [-0.05, 0) is 48.5 Å². The smallest absolute Gasteiger partial charge is 0.336 e. The lowest BCUT2D eigenvalue weighted by Crippen LogP contribution is -2.34. The zero-order valence-electron chi connectivity index (χ0n) is 13.4. The van der Waals surface area contributed by atoms with Crippen LogP contribution in [-0.2, 0) is 9.59 Å². The second-order valence-corrected chi connectivity index (χ2v) is 6.39. The molecule has 6 nitrogen and oxygen atoms in total. The lowest BCUT2D eigenvalue weighted by Gasteiger charge is -2.16. The molecule has 4 rings (SSSR count). The molecule has 0 bridgehead atoms. The molecule has 1 atom stereocenters. The molecule has 1 N–H and O–H groups in total. The number of anilines is 2. The van der Waals surface area contributed by atoms with E-state index in [1.807, 2.05) is 0 Å². The van der Waals surface area contributed by atoms with Crippen LogP contribution in [0.2, 0.25) is 5.02 Å². The lowest BCUT2D eigenvalue weighted by atomic mass is 10.2. The maximum absolute atomic E-state index is 12.7. The van der Waals surface area contributed by atoms with Crippen LogP contribution in [0.15, 0.2) is 63.8 Å². The average Bonchev–Trinajstić information content (AvgIpc) is 2.90. The van der Waals surface area contributed by atoms with Crippen LogP contribution in [0.5, 0.6) is 0 Å². The molecule has 0 spiro atoms. The Morgan fingerprint density at radius 2 is 1.77 bits per heavy atom. The summed E-state index contributed by atoms with van der Waals surface area (Å²) >= 11 is 5.86. The first-order valence-electron chi connectivity index (χ1n) is 7.94. The van der Waals surface area contributed by atoms with E-state index in [0.29, 0.717) is 22.0 Å². The molecule has 26 heavy (non-hydrogen) atoms. The Labute approximate surface area is 153 Å². The van der Waals surface area contributed by atoms with Crippen LogP contribution in [-0.4, -0.2) is 17.9 Å². The maximum Gasteiger partial charge on any atom is 0.336 e. The number of fused-ring (bicyclic) bond motifs is 1. The molecule has 0 saturated carbocycles. The first-order valence-corrected chi connectivity index (χ1v) is 8.32. The van der Waals surface area contributed by atoms with Crippen LogP contribution in [0.4, 0.5) is 11.4 Å². The monoisotopic (exact) mass is 368 g/mol. The molecule has 1 unspecified atom stereocenters. The van der Waals surface area contributed by atoms with Gasteiger partial charge in [-0.25, -0.2) is 9.69 Å². The summed E-state index contributed by atoms with van der Waals surface area (Å²) < 4.78 is 5.09. The summed E-state index contributed by atoms with van der Waals surface area (Å²) in [6.45, 7) is 0. The number of amides is 2. The van der Waals surface area contributed by atoms with Crippen LogP contribution in [0.1, 0.15) is 6.42 Å². The van der Waals surface area contributed by atoms with E-state index in [1.165, 1.54) is 6.07 Å². The van der Waals surface area contributed by atoms with Gasteiger partial charge in [-0.3, -0.25) is 9.59 Å². The first-order chi connectivity index (χ1) is 12.5. The number of carbonyl (C=O) groups excluding carboxylic acids is 2. The number of carbonyl (C=O) groups is 2. The molecule has 1 aromatic heterocycles. The molecule has 1 aliphatic heterocycles. The van der Waals surface area contributed by atoms with E-state index in [-0.39, 0.29) is 18.2 Å². The highest BCUT2D eigenvalue weighted by molar-refractivity contribution is 6.30. The molecule has 0 radical (unpaired) electrons. The van der Waals surface area contributed by atoms with Crippen molar-refractivity contribution in [1.82, 2.24) is 0 Å². The Bertz CT molecular complexity index is 1070. The molecular weight excluding hydrogens is 356 g/mol. The fourth-order valence-corrected chi connectivity index (χ4v) is 3.09. The summed E-state index contributed by atoms with van der Waals surface area (Å²) in [5.41, 5.74) is 1.19. The highest BCUT2D eigenvalue weighted by Crippen LogP contribution is 2.27. The zero-order chi connectivity index (χ0) is 18.3. The summed E-state index contributed by atoms with van der Waals surface area (Å²) in [5, 5.41) is 4.34. The van der Waals surface area contributed by atoms with Crippen LogP contribution < -0.4 is 15.8 Å². The second-order valence-electron chi connectivity index (χ2n) is 5.95. The summed E-state index contributed by atoms with van der Waals surface area (Å²) in [6.07, 6.45) is 0.0589. The second kappa shape index (κ2) is 6.31. The van der Waals surface area contributed by atoms with E-state index < -0.39 is 11.7 Å². The lowest BCUT2D eigenvalue weighted by molar-refractivity contribution is -0.121. The Hall–Kier alpha value is -3.12. The number of halogens is 1. The summed E-state index contributed by atoms with van der Waals surface area (Å²) in [4.78, 5) is 37.4. The minimum atomic E-state index is -0.661. The van der Waals surface area contributed by atoms with Gasteiger partial charge in [0, 0.05) is 22.2 Å². The van der Waals surface area contributed by atoms with E-state index in [4.69, 9.17) is 16.0 Å². The standard InChI is InChI=1S/C19H13ClN2O4/c20-12-2-5-14(6-3-12)22-17(23)10-15(19(22)25)21-13-4-7-16-11(9-13)1-8-18(24)26-16/h1-9,15,21H,10H2. The highest BCUT2D eigenvalue weighted by atomic mass is 35.5. The summed E-state index contributed by atoms with van der Waals surface area (Å²) in [5.74, 6) is -0.598. The van der Waals surface area contributed by atoms with Gasteiger partial charge in [0.2, 0.25) is 5.91 Å². The molecule has 2 aromatic carbocycles. The number of nitrogens with one attached hydrogen (secondary N) is 1. The number of hydrogen-bond donors (Lipinski definition) is 1. The quantitative estimate of drug-likeness (QED) is 0.567. The summed E-state index contributed by atoms with van der Waals surface area (Å²) in [6, 6.07) is 14.0. The van der Waals surface area contributed by atoms with Crippen molar-refractivity contribution in [2.75, 3.05) is 10.2 Å². The SMILES string of the molecule is O=C1CC(Nc2ccc3oc(=O)ccc3c2)C(=O)N1c1ccc(Cl)cc1. The predicted molar refractivity (Wildman–Crippen MR) is 98.5 cm³/mol. The van der Waals surface area contributed by atoms with Gasteiger partial charge in [-0.1, -0.05) is 11.6 Å². The van der Waals surface area contributed by atoms with Gasteiger partial charge in [0.1, 0.15) is 11.6 Å². The molecule has 3 aromatic rings. The molecule has 7 heteroatoms. The van der Waals surface area contributed by atoms with Gasteiger partial charge in [-0.2, -0.15) is 0 Å². The third-order valence-electron chi connectivity index (χ3n) is 4.19. The van der Waals surface area contributed by atoms with Crippen molar-refractivity contribution in [3.8, 4) is 0 Å². The van der Waals surface area contributed by atoms with E-state index in [0.717, 1.165) is 10.3 Å². The Morgan fingerprint density at radius 1 is 1.00 bits per heavy atom. The Balaban J connectivity index is 1.58. The largest absolute Gasteiger partial charge is 0.423 e. The topological polar surface area (TPSA) is 79.6 Å². The van der Waals surface area contributed by atoms with Crippen molar-refractivity contribution in [1.29, 1.82) is 0 Å². The third-order valence-corrected chi connectivity index (χ3v) is 4.44. The zero-order valence-corrected chi connectivity index (χ0v) is 14.2. The van der Waals surface area contributed by atoms with Gasteiger partial charge >= 0.3 is 5.63 Å². The van der Waals surface area contributed by atoms with Crippen molar-refractivity contribution in [2.24, 2.45) is 0 Å². The fraction of sp³-hybridized carbons (Fsp3) is 0.105. The Kier molecular flexibility index (Phi) is 3.97. The van der Waals surface area contributed by atoms with Crippen molar-refractivity contribution in [3.05, 3.63) is 70.0 Å². The fourth-order valence-electron chi connectivity index (χ4n) is 2.97. The average molecular weight is 369 g/mol. The molecule has 2 heterocycles. The van der Waals surface area contributed by atoms with Crippen LogP contribution in [0.3, 0.4) is 0 Å².